The second-order valence-corrected chi connectivity index (χ2v) is 10.3. The highest BCUT2D eigenvalue weighted by atomic mass is 16.5. The summed E-state index contributed by atoms with van der Waals surface area (Å²) in [5.41, 5.74) is 13.1. The molecule has 10 heteroatoms. The minimum atomic E-state index is -0.452. The molecule has 0 aliphatic carbocycles. The van der Waals surface area contributed by atoms with E-state index in [0.29, 0.717) is 55.1 Å². The molecule has 1 saturated heterocycles. The Morgan fingerprint density at radius 1 is 1.18 bits per heavy atom. The van der Waals surface area contributed by atoms with Crippen LogP contribution >= 0.6 is 0 Å². The summed E-state index contributed by atoms with van der Waals surface area (Å²) < 4.78 is 5.65. The van der Waals surface area contributed by atoms with E-state index in [0.717, 1.165) is 50.6 Å². The Balaban J connectivity index is 2.08. The number of aliphatic imine (C=N–C) groups is 1. The molecule has 3 atom stereocenters. The van der Waals surface area contributed by atoms with Crippen LogP contribution in [0.25, 0.3) is 0 Å². The number of aliphatic hydroxyl groups is 1. The van der Waals surface area contributed by atoms with Gasteiger partial charge in [-0.1, -0.05) is 51.0 Å². The van der Waals surface area contributed by atoms with Crippen molar-refractivity contribution in [3.8, 4) is 0 Å². The van der Waals surface area contributed by atoms with Gasteiger partial charge in [-0.25, -0.2) is 14.9 Å². The molecule has 10 nitrogen and oxygen atoms in total. The first-order chi connectivity index (χ1) is 18.8. The third-order valence-electron chi connectivity index (χ3n) is 7.11. The van der Waals surface area contributed by atoms with Crippen LogP contribution in [0.5, 0.6) is 0 Å². The van der Waals surface area contributed by atoms with Crippen LogP contribution < -0.4 is 11.5 Å². The molecule has 2 aliphatic rings. The summed E-state index contributed by atoms with van der Waals surface area (Å²) in [4.78, 5) is 20.0. The monoisotopic (exact) mass is 546 g/mol. The van der Waals surface area contributed by atoms with Gasteiger partial charge in [0.25, 0.3) is 0 Å². The summed E-state index contributed by atoms with van der Waals surface area (Å²) in [5, 5.41) is 28.1. The maximum absolute atomic E-state index is 13.3. The Morgan fingerprint density at radius 2 is 1.85 bits per heavy atom. The first kappa shape index (κ1) is 32.4. The van der Waals surface area contributed by atoms with Crippen LogP contribution in [0.15, 0.2) is 40.6 Å². The average Bonchev–Trinajstić information content (AvgIpc) is 3.31. The lowest BCUT2D eigenvalue weighted by Crippen LogP contribution is -2.46. The molecule has 0 spiro atoms. The van der Waals surface area contributed by atoms with Crippen molar-refractivity contribution >= 4 is 17.9 Å². The number of nitrogens with zero attached hydrogens (tertiary/aromatic N) is 3. The third kappa shape index (κ3) is 10.7. The van der Waals surface area contributed by atoms with Gasteiger partial charge < -0.3 is 26.2 Å². The van der Waals surface area contributed by atoms with Crippen molar-refractivity contribution in [2.24, 2.45) is 16.5 Å². The molecular formula is C29H50N6O4. The number of nitrogens with two attached hydrogens (primary N) is 2. The van der Waals surface area contributed by atoms with E-state index < -0.39 is 12.1 Å². The maximum Gasteiger partial charge on any atom is 0.337 e. The number of hydroxylamine groups is 2. The number of hydrogen-bond acceptors (Lipinski definition) is 8. The molecule has 0 amide bonds. The highest BCUT2D eigenvalue weighted by Gasteiger charge is 2.41. The van der Waals surface area contributed by atoms with Crippen LogP contribution in [0.2, 0.25) is 0 Å². The van der Waals surface area contributed by atoms with Gasteiger partial charge in [-0.2, -0.15) is 0 Å². The smallest absolute Gasteiger partial charge is 0.337 e. The van der Waals surface area contributed by atoms with E-state index in [2.05, 4.69) is 38.2 Å². The summed E-state index contributed by atoms with van der Waals surface area (Å²) in [6.45, 7) is 4.67. The molecule has 0 aromatic carbocycles. The van der Waals surface area contributed by atoms with Crippen molar-refractivity contribution in [3.05, 3.63) is 35.6 Å². The van der Waals surface area contributed by atoms with Gasteiger partial charge >= 0.3 is 5.97 Å². The van der Waals surface area contributed by atoms with E-state index in [1.54, 1.807) is 0 Å². The van der Waals surface area contributed by atoms with Gasteiger partial charge in [0.1, 0.15) is 0 Å². The largest absolute Gasteiger partial charge is 0.462 e. The minimum Gasteiger partial charge on any atom is -0.462 e. The molecule has 1 fully saturated rings. The molecule has 2 heterocycles. The molecule has 0 bridgehead atoms. The van der Waals surface area contributed by atoms with Gasteiger partial charge in [-0.15, -0.1) is 0 Å². The zero-order valence-corrected chi connectivity index (χ0v) is 23.9. The lowest BCUT2D eigenvalue weighted by Gasteiger charge is -2.34. The summed E-state index contributed by atoms with van der Waals surface area (Å²) in [7, 11) is 0. The summed E-state index contributed by atoms with van der Waals surface area (Å²) in [6.07, 6.45) is 18.5. The van der Waals surface area contributed by atoms with Crippen molar-refractivity contribution in [2.45, 2.75) is 116 Å². The number of guanidine groups is 2. The van der Waals surface area contributed by atoms with Crippen LogP contribution in [0.4, 0.5) is 0 Å². The molecular weight excluding hydrogens is 496 g/mol. The predicted octanol–water partition coefficient (Wildman–Crippen LogP) is 4.33. The highest BCUT2D eigenvalue weighted by molar-refractivity contribution is 5.95. The van der Waals surface area contributed by atoms with E-state index in [1.807, 2.05) is 4.90 Å². The van der Waals surface area contributed by atoms with Gasteiger partial charge in [-0.05, 0) is 70.6 Å². The minimum absolute atomic E-state index is 0.00584. The number of unbranched alkanes of at least 4 members (excludes halogenated alkanes) is 3. The molecule has 7 N–H and O–H groups in total. The van der Waals surface area contributed by atoms with Crippen molar-refractivity contribution < 1.29 is 19.8 Å². The van der Waals surface area contributed by atoms with E-state index >= 15 is 0 Å². The van der Waals surface area contributed by atoms with Crippen LogP contribution in [0, 0.1) is 5.41 Å². The first-order valence-electron chi connectivity index (χ1n) is 14.6. The average molecular weight is 547 g/mol. The number of fused-ring (bicyclic) bond motifs is 1. The number of carbonyl (C=O) groups is 1. The third-order valence-corrected chi connectivity index (χ3v) is 7.11. The number of nitrogens with one attached hydrogen (secondary N) is 1. The topological polar surface area (TPSA) is 161 Å². The van der Waals surface area contributed by atoms with E-state index in [9.17, 15) is 15.1 Å². The fourth-order valence-electron chi connectivity index (χ4n) is 5.03. The Kier molecular flexibility index (Phi) is 14.7. The van der Waals surface area contributed by atoms with Gasteiger partial charge in [0, 0.05) is 18.3 Å². The number of esters is 1. The van der Waals surface area contributed by atoms with Gasteiger partial charge in [0.15, 0.2) is 5.96 Å². The molecule has 0 saturated carbocycles. The molecule has 2 rings (SSSR count). The van der Waals surface area contributed by atoms with Crippen molar-refractivity contribution in [3.63, 3.8) is 0 Å². The summed E-state index contributed by atoms with van der Waals surface area (Å²) in [5.74, 6) is -0.390. The SMILES string of the molecule is CCC/C=C\CC[C@@H](O)C[C@H]1CCC2=C(C(=O)OCCCCN(O)C(=N)N)[C@H](CC/C=C\CCC)N=C(N)N21. The van der Waals surface area contributed by atoms with Crippen molar-refractivity contribution in [1.82, 2.24) is 9.96 Å². The molecule has 39 heavy (non-hydrogen) atoms. The van der Waals surface area contributed by atoms with Gasteiger partial charge in [0.2, 0.25) is 5.96 Å². The standard InChI is InChI=1S/C29H50N6O4/c1-3-5-7-9-11-15-23(36)21-22-17-18-25-26(27(37)39-20-14-13-19-34(38)28(30)31)24(33-29(32)35(22)25)16-12-10-8-6-4-2/h7-10,22-24,36,38H,3-6,11-21H2,1-2H3,(H3,30,31)(H2,32,33)/b9-7-,10-8-/t22-,23-,24+/m1/s1. The number of allylic oxidation sites excluding steroid dienone is 5. The van der Waals surface area contributed by atoms with Crippen LogP contribution in [0.3, 0.4) is 0 Å². The number of rotatable bonds is 18. The number of carbonyl (C=O) groups excluding carboxylic acids is 1. The Hall–Kier alpha value is -2.85. The Labute approximate surface area is 233 Å². The fourth-order valence-corrected chi connectivity index (χ4v) is 5.03. The van der Waals surface area contributed by atoms with E-state index in [4.69, 9.17) is 26.6 Å². The fraction of sp³-hybridized carbons (Fsp3) is 0.690. The van der Waals surface area contributed by atoms with Crippen LogP contribution in [-0.4, -0.2) is 69.5 Å². The zero-order valence-electron chi connectivity index (χ0n) is 23.9. The molecule has 0 aromatic heterocycles. The van der Waals surface area contributed by atoms with Crippen molar-refractivity contribution in [1.29, 1.82) is 5.41 Å². The molecule has 220 valence electrons. The second kappa shape index (κ2) is 17.7. The van der Waals surface area contributed by atoms with Crippen molar-refractivity contribution in [2.75, 3.05) is 13.2 Å². The van der Waals surface area contributed by atoms with Gasteiger partial charge in [-0.3, -0.25) is 10.6 Å². The second-order valence-electron chi connectivity index (χ2n) is 10.3. The normalized spacial score (nSPS) is 20.0. The van der Waals surface area contributed by atoms with E-state index in [1.165, 1.54) is 0 Å². The first-order valence-corrected chi connectivity index (χ1v) is 14.6. The van der Waals surface area contributed by atoms with E-state index in [-0.39, 0.29) is 31.2 Å². The maximum atomic E-state index is 13.3. The lowest BCUT2D eigenvalue weighted by molar-refractivity contribution is -0.139. The molecule has 0 aromatic rings. The highest BCUT2D eigenvalue weighted by Crippen LogP contribution is 2.38. The summed E-state index contributed by atoms with van der Waals surface area (Å²) >= 11 is 0. The van der Waals surface area contributed by atoms with Gasteiger partial charge in [0.05, 0.1) is 24.3 Å². The number of ether oxygens (including phenoxy) is 1. The Bertz CT molecular complexity index is 900. The Morgan fingerprint density at radius 3 is 2.51 bits per heavy atom. The number of aliphatic hydroxyl groups excluding tert-OH is 1. The predicted molar refractivity (Wildman–Crippen MR) is 155 cm³/mol. The lowest BCUT2D eigenvalue weighted by atomic mass is 9.97. The van der Waals surface area contributed by atoms with Crippen LogP contribution in [-0.2, 0) is 9.53 Å². The molecule has 0 unspecified atom stereocenters. The number of hydrogen-bond donors (Lipinski definition) is 5. The zero-order chi connectivity index (χ0) is 28.6. The molecule has 2 aliphatic heterocycles. The van der Waals surface area contributed by atoms with Crippen LogP contribution in [0.1, 0.15) is 97.3 Å². The quantitative estimate of drug-likeness (QED) is 0.0424. The molecule has 0 radical (unpaired) electrons. The summed E-state index contributed by atoms with van der Waals surface area (Å²) in [6, 6.07) is -0.373.